The van der Waals surface area contributed by atoms with Crippen molar-refractivity contribution < 1.29 is 9.53 Å². The zero-order valence-electron chi connectivity index (χ0n) is 20.1. The Hall–Kier alpha value is -3.20. The van der Waals surface area contributed by atoms with E-state index in [1.54, 1.807) is 31.1 Å². The molecule has 2 aliphatic heterocycles. The molecule has 5 rings (SSSR count). The molecule has 0 spiro atoms. The van der Waals surface area contributed by atoms with Gasteiger partial charge in [-0.25, -0.2) is 4.98 Å². The van der Waals surface area contributed by atoms with E-state index in [2.05, 4.69) is 51.4 Å². The van der Waals surface area contributed by atoms with Crippen LogP contribution in [0.4, 0.5) is 11.6 Å². The van der Waals surface area contributed by atoms with Gasteiger partial charge in [0.15, 0.2) is 5.65 Å². The molecule has 0 bridgehead atoms. The van der Waals surface area contributed by atoms with Crippen molar-refractivity contribution in [3.05, 3.63) is 35.7 Å². The number of carbonyl (C=O) groups excluding carboxylic acids is 1. The first-order valence-electron chi connectivity index (χ1n) is 11.4. The van der Waals surface area contributed by atoms with E-state index in [0.29, 0.717) is 12.0 Å². The molecule has 0 aliphatic carbocycles. The standard InChI is InChI=1S/C17H20N6O.C7H13NO/c1-22-5-4-11-7-15(24-3)14(6-12(11)10-22)20-17-18-8-13-9-19-23(2)16(13)21-17;1-6-4-3-5-8(6)7(2)9/h6-9H,4-5,10H2,1-3H3,(H,18,20,21);6H,3-5H2,1-2H3. The summed E-state index contributed by atoms with van der Waals surface area (Å²) in [6, 6.07) is 4.75. The first kappa shape index (κ1) is 23.0. The van der Waals surface area contributed by atoms with Gasteiger partial charge < -0.3 is 19.9 Å². The van der Waals surface area contributed by atoms with Gasteiger partial charge in [0.25, 0.3) is 0 Å². The summed E-state index contributed by atoms with van der Waals surface area (Å²) in [5.74, 6) is 1.57. The number of likely N-dealkylation sites (N-methyl/N-ethyl adjacent to an activating group) is 1. The van der Waals surface area contributed by atoms with Crippen molar-refractivity contribution in [1.29, 1.82) is 0 Å². The van der Waals surface area contributed by atoms with Crippen LogP contribution < -0.4 is 10.1 Å². The molecule has 0 radical (unpaired) electrons. The first-order valence-corrected chi connectivity index (χ1v) is 11.4. The second-order valence-electron chi connectivity index (χ2n) is 8.88. The number of nitrogens with zero attached hydrogens (tertiary/aromatic N) is 6. The average Bonchev–Trinajstić information content (AvgIpc) is 3.39. The van der Waals surface area contributed by atoms with Crippen molar-refractivity contribution in [2.24, 2.45) is 7.05 Å². The van der Waals surface area contributed by atoms with Crippen molar-refractivity contribution in [1.82, 2.24) is 29.5 Å². The summed E-state index contributed by atoms with van der Waals surface area (Å²) in [5.41, 5.74) is 4.34. The lowest BCUT2D eigenvalue weighted by Gasteiger charge is -2.26. The Balaban J connectivity index is 0.000000243. The molecule has 1 unspecified atom stereocenters. The molecule has 2 aromatic heterocycles. The van der Waals surface area contributed by atoms with Gasteiger partial charge >= 0.3 is 0 Å². The van der Waals surface area contributed by atoms with Gasteiger partial charge in [0.1, 0.15) is 5.75 Å². The summed E-state index contributed by atoms with van der Waals surface area (Å²) in [4.78, 5) is 24.0. The number of carbonyl (C=O) groups is 1. The van der Waals surface area contributed by atoms with Gasteiger partial charge in [0.2, 0.25) is 11.9 Å². The maximum atomic E-state index is 10.8. The van der Waals surface area contributed by atoms with Crippen molar-refractivity contribution >= 4 is 28.6 Å². The van der Waals surface area contributed by atoms with E-state index in [1.807, 2.05) is 11.9 Å². The van der Waals surface area contributed by atoms with Crippen LogP contribution in [0.3, 0.4) is 0 Å². The van der Waals surface area contributed by atoms with Crippen LogP contribution in [0.15, 0.2) is 24.5 Å². The Morgan fingerprint density at radius 2 is 2.00 bits per heavy atom. The van der Waals surface area contributed by atoms with Gasteiger partial charge in [-0.3, -0.25) is 9.48 Å². The fraction of sp³-hybridized carbons (Fsp3) is 0.500. The number of methoxy groups -OCH3 is 1. The molecule has 1 aromatic carbocycles. The summed E-state index contributed by atoms with van der Waals surface area (Å²) < 4.78 is 7.29. The first-order chi connectivity index (χ1) is 15.9. The van der Waals surface area contributed by atoms with Crippen molar-refractivity contribution in [3.63, 3.8) is 0 Å². The zero-order chi connectivity index (χ0) is 23.5. The van der Waals surface area contributed by atoms with Crippen LogP contribution in [0.5, 0.6) is 5.75 Å². The molecule has 1 N–H and O–H groups in total. The Bertz CT molecular complexity index is 1140. The number of aryl methyl sites for hydroxylation is 1. The number of ether oxygens (including phenoxy) is 1. The van der Waals surface area contributed by atoms with Gasteiger partial charge in [-0.05, 0) is 56.5 Å². The van der Waals surface area contributed by atoms with E-state index in [-0.39, 0.29) is 5.91 Å². The third-order valence-electron chi connectivity index (χ3n) is 6.40. The fourth-order valence-corrected chi connectivity index (χ4v) is 4.51. The van der Waals surface area contributed by atoms with E-state index < -0.39 is 0 Å². The van der Waals surface area contributed by atoms with Gasteiger partial charge in [0, 0.05) is 45.8 Å². The predicted molar refractivity (Wildman–Crippen MR) is 129 cm³/mol. The summed E-state index contributed by atoms with van der Waals surface area (Å²) in [5, 5.41) is 8.41. The van der Waals surface area contributed by atoms with Crippen molar-refractivity contribution in [2.75, 3.05) is 32.6 Å². The van der Waals surface area contributed by atoms with E-state index in [1.165, 1.54) is 24.0 Å². The Morgan fingerprint density at radius 1 is 1.18 bits per heavy atom. The van der Waals surface area contributed by atoms with Crippen LogP contribution in [-0.4, -0.2) is 68.7 Å². The number of nitrogens with one attached hydrogen (secondary N) is 1. The normalized spacial score (nSPS) is 18.0. The van der Waals surface area contributed by atoms with Gasteiger partial charge in [0.05, 0.1) is 24.4 Å². The number of amides is 1. The molecule has 9 nitrogen and oxygen atoms in total. The SMILES string of the molecule is CC(=O)N1CCCC1C.COc1cc2c(cc1Nc1ncc3cnn(C)c3n1)CN(C)CC2. The number of hydrogen-bond acceptors (Lipinski definition) is 7. The maximum absolute atomic E-state index is 10.8. The Kier molecular flexibility index (Phi) is 6.78. The smallest absolute Gasteiger partial charge is 0.229 e. The molecule has 176 valence electrons. The number of likely N-dealkylation sites (tertiary alicyclic amines) is 1. The number of fused-ring (bicyclic) bond motifs is 2. The van der Waals surface area contributed by atoms with Crippen molar-refractivity contribution in [2.45, 2.75) is 45.7 Å². The summed E-state index contributed by atoms with van der Waals surface area (Å²) >= 11 is 0. The topological polar surface area (TPSA) is 88.4 Å². The summed E-state index contributed by atoms with van der Waals surface area (Å²) in [6.07, 6.45) is 6.94. The number of anilines is 2. The van der Waals surface area contributed by atoms with Crippen LogP contribution in [0.2, 0.25) is 0 Å². The van der Waals surface area contributed by atoms with E-state index >= 15 is 0 Å². The number of rotatable bonds is 3. The summed E-state index contributed by atoms with van der Waals surface area (Å²) in [7, 11) is 5.70. The molecule has 1 saturated heterocycles. The molecule has 1 amide bonds. The van der Waals surface area contributed by atoms with Crippen LogP contribution in [0.1, 0.15) is 37.8 Å². The molecular formula is C24H33N7O2. The second-order valence-corrected chi connectivity index (χ2v) is 8.88. The molecule has 9 heteroatoms. The lowest BCUT2D eigenvalue weighted by atomic mass is 9.99. The Labute approximate surface area is 194 Å². The maximum Gasteiger partial charge on any atom is 0.229 e. The minimum absolute atomic E-state index is 0.222. The highest BCUT2D eigenvalue weighted by molar-refractivity contribution is 5.76. The second kappa shape index (κ2) is 9.74. The number of hydrogen-bond donors (Lipinski definition) is 1. The van der Waals surface area contributed by atoms with Crippen LogP contribution in [-0.2, 0) is 24.8 Å². The van der Waals surface area contributed by atoms with Crippen LogP contribution in [0.25, 0.3) is 11.0 Å². The zero-order valence-corrected chi connectivity index (χ0v) is 20.1. The monoisotopic (exact) mass is 451 g/mol. The molecule has 33 heavy (non-hydrogen) atoms. The highest BCUT2D eigenvalue weighted by Gasteiger charge is 2.21. The summed E-state index contributed by atoms with van der Waals surface area (Å²) in [6.45, 7) is 6.73. The highest BCUT2D eigenvalue weighted by Crippen LogP contribution is 2.33. The van der Waals surface area contributed by atoms with Gasteiger partial charge in [-0.2, -0.15) is 10.1 Å². The molecule has 1 atom stereocenters. The van der Waals surface area contributed by atoms with Gasteiger partial charge in [-0.1, -0.05) is 0 Å². The molecule has 3 aromatic rings. The predicted octanol–water partition coefficient (Wildman–Crippen LogP) is 3.12. The number of benzene rings is 1. The van der Waals surface area contributed by atoms with Crippen LogP contribution in [0, 0.1) is 0 Å². The van der Waals surface area contributed by atoms with E-state index in [9.17, 15) is 4.79 Å². The molecular weight excluding hydrogens is 418 g/mol. The van der Waals surface area contributed by atoms with Gasteiger partial charge in [-0.15, -0.1) is 0 Å². The molecule has 1 fully saturated rings. The lowest BCUT2D eigenvalue weighted by Crippen LogP contribution is -2.31. The van der Waals surface area contributed by atoms with Crippen molar-refractivity contribution in [3.8, 4) is 5.75 Å². The lowest BCUT2D eigenvalue weighted by molar-refractivity contribution is -0.129. The fourth-order valence-electron chi connectivity index (χ4n) is 4.51. The third-order valence-corrected chi connectivity index (χ3v) is 6.40. The van der Waals surface area contributed by atoms with E-state index in [0.717, 1.165) is 48.5 Å². The van der Waals surface area contributed by atoms with Crippen LogP contribution >= 0.6 is 0 Å². The average molecular weight is 452 g/mol. The third kappa shape index (κ3) is 5.08. The Morgan fingerprint density at radius 3 is 2.67 bits per heavy atom. The van der Waals surface area contributed by atoms with E-state index in [4.69, 9.17) is 4.74 Å². The molecule has 2 aliphatic rings. The highest BCUT2D eigenvalue weighted by atomic mass is 16.5. The quantitative estimate of drug-likeness (QED) is 0.654. The number of aromatic nitrogens is 4. The minimum Gasteiger partial charge on any atom is -0.495 e. The minimum atomic E-state index is 0.222. The largest absolute Gasteiger partial charge is 0.495 e. The molecule has 4 heterocycles. The molecule has 0 saturated carbocycles.